The SMILES string of the molecule is CCCC/C=C\CCCCCCCC(=O)OCC(COP(=O)([O-])OCC[N+](C)(C)C)OC(=O)CCCCCCCCCCC/C=C\CCCCCCCC. The summed E-state index contributed by atoms with van der Waals surface area (Å²) in [6, 6.07) is 0. The molecule has 318 valence electrons. The van der Waals surface area contributed by atoms with Crippen molar-refractivity contribution in [2.75, 3.05) is 47.5 Å². The minimum Gasteiger partial charge on any atom is -0.756 e. The molecule has 54 heavy (non-hydrogen) atoms. The Morgan fingerprint density at radius 1 is 0.556 bits per heavy atom. The van der Waals surface area contributed by atoms with Gasteiger partial charge < -0.3 is 27.9 Å². The van der Waals surface area contributed by atoms with Gasteiger partial charge in [-0.15, -0.1) is 0 Å². The van der Waals surface area contributed by atoms with Crippen LogP contribution in [0.5, 0.6) is 0 Å². The van der Waals surface area contributed by atoms with Crippen molar-refractivity contribution in [1.82, 2.24) is 0 Å². The van der Waals surface area contributed by atoms with Crippen LogP contribution in [0.1, 0.15) is 194 Å². The van der Waals surface area contributed by atoms with Gasteiger partial charge in [0.2, 0.25) is 0 Å². The molecule has 0 saturated carbocycles. The number of hydrogen-bond donors (Lipinski definition) is 0. The van der Waals surface area contributed by atoms with Gasteiger partial charge in [-0.25, -0.2) is 0 Å². The lowest BCUT2D eigenvalue weighted by Gasteiger charge is -2.28. The number of phosphoric acid groups is 1. The zero-order chi connectivity index (χ0) is 40.0. The molecule has 0 rings (SSSR count). The predicted octanol–water partition coefficient (Wildman–Crippen LogP) is 11.7. The molecule has 0 aliphatic carbocycles. The van der Waals surface area contributed by atoms with Crippen molar-refractivity contribution < 1.29 is 42.1 Å². The van der Waals surface area contributed by atoms with Crippen molar-refractivity contribution in [3.8, 4) is 0 Å². The van der Waals surface area contributed by atoms with Crippen LogP contribution in [0.3, 0.4) is 0 Å². The third-order valence-electron chi connectivity index (χ3n) is 9.44. The van der Waals surface area contributed by atoms with Crippen molar-refractivity contribution in [1.29, 1.82) is 0 Å². The van der Waals surface area contributed by atoms with Crippen LogP contribution in [0.15, 0.2) is 24.3 Å². The molecule has 0 saturated heterocycles. The van der Waals surface area contributed by atoms with Crippen LogP contribution in [-0.4, -0.2) is 70.0 Å². The number of carbonyl (C=O) groups excluding carboxylic acids is 2. The Hall–Kier alpha value is -1.51. The van der Waals surface area contributed by atoms with Gasteiger partial charge in [0, 0.05) is 12.8 Å². The molecule has 2 unspecified atom stereocenters. The highest BCUT2D eigenvalue weighted by Gasteiger charge is 2.21. The highest BCUT2D eigenvalue weighted by atomic mass is 31.2. The molecule has 0 aromatic heterocycles. The zero-order valence-corrected chi connectivity index (χ0v) is 36.6. The summed E-state index contributed by atoms with van der Waals surface area (Å²) in [5.74, 6) is -0.845. The third-order valence-corrected chi connectivity index (χ3v) is 10.4. The van der Waals surface area contributed by atoms with Crippen LogP contribution in [0.25, 0.3) is 0 Å². The fraction of sp³-hybridized carbons (Fsp3) is 0.864. The Labute approximate surface area is 332 Å². The van der Waals surface area contributed by atoms with Gasteiger partial charge >= 0.3 is 11.9 Å². The number of carbonyl (C=O) groups is 2. The molecule has 0 spiro atoms. The van der Waals surface area contributed by atoms with Gasteiger partial charge in [-0.2, -0.15) is 0 Å². The van der Waals surface area contributed by atoms with Gasteiger partial charge in [0.05, 0.1) is 27.7 Å². The Balaban J connectivity index is 4.31. The van der Waals surface area contributed by atoms with E-state index in [1.54, 1.807) is 0 Å². The van der Waals surface area contributed by atoms with Crippen LogP contribution in [-0.2, 0) is 32.7 Å². The van der Waals surface area contributed by atoms with Crippen LogP contribution < -0.4 is 4.89 Å². The number of quaternary nitrogens is 1. The molecule has 0 bridgehead atoms. The summed E-state index contributed by atoms with van der Waals surface area (Å²) in [5, 5.41) is 0. The maximum atomic E-state index is 12.7. The number of allylic oxidation sites excluding steroid dienone is 4. The number of esters is 2. The number of ether oxygens (including phenoxy) is 2. The Bertz CT molecular complexity index is 980. The monoisotopic (exact) mass is 786 g/mol. The van der Waals surface area contributed by atoms with Crippen molar-refractivity contribution >= 4 is 19.8 Å². The molecule has 0 fully saturated rings. The van der Waals surface area contributed by atoms with Crippen molar-refractivity contribution in [2.24, 2.45) is 0 Å². The Morgan fingerprint density at radius 2 is 0.963 bits per heavy atom. The molecule has 0 aliphatic rings. The average Bonchev–Trinajstić information content (AvgIpc) is 3.12. The number of rotatable bonds is 40. The van der Waals surface area contributed by atoms with Crippen LogP contribution in [0.4, 0.5) is 0 Å². The van der Waals surface area contributed by atoms with E-state index in [1.165, 1.54) is 96.3 Å². The van der Waals surface area contributed by atoms with Crippen LogP contribution in [0.2, 0.25) is 0 Å². The molecular formula is C44H84NO8P. The van der Waals surface area contributed by atoms with E-state index in [2.05, 4.69) is 38.2 Å². The first-order valence-corrected chi connectivity index (χ1v) is 23.5. The fourth-order valence-corrected chi connectivity index (χ4v) is 6.65. The van der Waals surface area contributed by atoms with E-state index in [4.69, 9.17) is 18.5 Å². The molecule has 0 aromatic carbocycles. The summed E-state index contributed by atoms with van der Waals surface area (Å²) >= 11 is 0. The molecule has 0 radical (unpaired) electrons. The zero-order valence-electron chi connectivity index (χ0n) is 35.7. The van der Waals surface area contributed by atoms with Gasteiger partial charge in [-0.1, -0.05) is 147 Å². The Morgan fingerprint density at radius 3 is 1.43 bits per heavy atom. The van der Waals surface area contributed by atoms with Crippen LogP contribution in [0, 0.1) is 0 Å². The first-order chi connectivity index (χ1) is 26.0. The second kappa shape index (κ2) is 37.1. The fourth-order valence-electron chi connectivity index (χ4n) is 5.92. The summed E-state index contributed by atoms with van der Waals surface area (Å²) in [6.45, 7) is 4.18. The van der Waals surface area contributed by atoms with Gasteiger partial charge in [0.15, 0.2) is 6.10 Å². The quantitative estimate of drug-likeness (QED) is 0.0198. The lowest BCUT2D eigenvalue weighted by molar-refractivity contribution is -0.870. The van der Waals surface area contributed by atoms with E-state index in [0.29, 0.717) is 17.4 Å². The minimum absolute atomic E-state index is 0.0314. The maximum Gasteiger partial charge on any atom is 0.306 e. The van der Waals surface area contributed by atoms with Gasteiger partial charge in [-0.05, 0) is 57.8 Å². The lowest BCUT2D eigenvalue weighted by atomic mass is 10.1. The predicted molar refractivity (Wildman–Crippen MR) is 222 cm³/mol. The van der Waals surface area contributed by atoms with E-state index in [-0.39, 0.29) is 26.1 Å². The molecule has 9 nitrogen and oxygen atoms in total. The van der Waals surface area contributed by atoms with Gasteiger partial charge in [-0.3, -0.25) is 14.2 Å². The van der Waals surface area contributed by atoms with E-state index in [9.17, 15) is 19.0 Å². The van der Waals surface area contributed by atoms with Gasteiger partial charge in [0.25, 0.3) is 7.82 Å². The molecule has 0 amide bonds. The average molecular weight is 786 g/mol. The highest BCUT2D eigenvalue weighted by Crippen LogP contribution is 2.38. The van der Waals surface area contributed by atoms with Gasteiger partial charge in [0.1, 0.15) is 19.8 Å². The summed E-state index contributed by atoms with van der Waals surface area (Å²) in [5.41, 5.74) is 0. The smallest absolute Gasteiger partial charge is 0.306 e. The number of likely N-dealkylation sites (N-methyl/N-ethyl adjacent to an activating group) is 1. The summed E-state index contributed by atoms with van der Waals surface area (Å²) in [6.07, 6.45) is 39.2. The second-order valence-electron chi connectivity index (χ2n) is 16.1. The topological polar surface area (TPSA) is 111 Å². The molecule has 0 N–H and O–H groups in total. The first kappa shape index (κ1) is 52.5. The first-order valence-electron chi connectivity index (χ1n) is 22.0. The summed E-state index contributed by atoms with van der Waals surface area (Å²) in [4.78, 5) is 37.5. The number of phosphoric ester groups is 1. The summed E-state index contributed by atoms with van der Waals surface area (Å²) in [7, 11) is 1.16. The number of nitrogens with zero attached hydrogens (tertiary/aromatic N) is 1. The standard InChI is InChI=1S/C44H84NO8P/c1-6-8-10-12-14-16-18-19-20-21-22-23-24-25-27-29-31-33-35-37-44(47)53-42(41-52-54(48,49)51-39-38-45(3,4)5)40-50-43(46)36-34-32-30-28-26-17-15-13-11-9-7-2/h13,15,19-20,42H,6-12,14,16-18,21-41H2,1-5H3/b15-13-,20-19-. The molecule has 10 heteroatoms. The van der Waals surface area contributed by atoms with E-state index < -0.39 is 32.5 Å². The molecule has 2 atom stereocenters. The van der Waals surface area contributed by atoms with E-state index in [1.807, 2.05) is 21.1 Å². The van der Waals surface area contributed by atoms with Crippen molar-refractivity contribution in [2.45, 2.75) is 200 Å². The lowest BCUT2D eigenvalue weighted by Crippen LogP contribution is -2.37. The number of unbranched alkanes of at least 4 members (excludes halogenated alkanes) is 22. The van der Waals surface area contributed by atoms with Crippen molar-refractivity contribution in [3.05, 3.63) is 24.3 Å². The molecule has 0 aliphatic heterocycles. The molecule has 0 heterocycles. The summed E-state index contributed by atoms with van der Waals surface area (Å²) < 4.78 is 33.8. The van der Waals surface area contributed by atoms with E-state index in [0.717, 1.165) is 64.2 Å². The van der Waals surface area contributed by atoms with E-state index >= 15 is 0 Å². The third kappa shape index (κ3) is 40.2. The van der Waals surface area contributed by atoms with Crippen LogP contribution >= 0.6 is 7.82 Å². The normalized spacial score (nSPS) is 13.8. The van der Waals surface area contributed by atoms with Crippen molar-refractivity contribution in [3.63, 3.8) is 0 Å². The number of hydrogen-bond acceptors (Lipinski definition) is 8. The molecular weight excluding hydrogens is 701 g/mol. The Kier molecular flexibility index (Phi) is 36.1. The maximum absolute atomic E-state index is 12.7. The minimum atomic E-state index is -4.62. The highest BCUT2D eigenvalue weighted by molar-refractivity contribution is 7.45. The molecule has 0 aromatic rings. The largest absolute Gasteiger partial charge is 0.756 e. The second-order valence-corrected chi connectivity index (χ2v) is 17.5.